The molecule has 0 radical (unpaired) electrons. The molecule has 1 saturated carbocycles. The lowest BCUT2D eigenvalue weighted by Crippen LogP contribution is -2.40. The largest absolute Gasteiger partial charge is 0.396 e. The predicted molar refractivity (Wildman–Crippen MR) is 82.7 cm³/mol. The number of carbonyl (C=O) groups is 1. The smallest absolute Gasteiger partial charge is 0.276 e. The number of hydrogen-bond donors (Lipinski definition) is 3. The third-order valence-electron chi connectivity index (χ3n) is 4.33. The van der Waals surface area contributed by atoms with Crippen LogP contribution in [0.25, 0.3) is 10.9 Å². The van der Waals surface area contributed by atoms with E-state index in [1.807, 2.05) is 0 Å². The lowest BCUT2D eigenvalue weighted by molar-refractivity contribution is 0.0907. The number of benzene rings is 1. The second kappa shape index (κ2) is 6.27. The van der Waals surface area contributed by atoms with Gasteiger partial charge in [0.25, 0.3) is 5.91 Å². The molecule has 0 aliphatic heterocycles. The van der Waals surface area contributed by atoms with Crippen molar-refractivity contribution in [3.05, 3.63) is 40.2 Å². The Morgan fingerprint density at radius 3 is 2.73 bits per heavy atom. The molecule has 0 atom stereocenters. The van der Waals surface area contributed by atoms with Gasteiger partial charge >= 0.3 is 0 Å². The summed E-state index contributed by atoms with van der Waals surface area (Å²) in [5.41, 5.74) is 0.173. The van der Waals surface area contributed by atoms with E-state index in [2.05, 4.69) is 15.5 Å². The summed E-state index contributed by atoms with van der Waals surface area (Å²) in [5.74, 6) is -0.102. The summed E-state index contributed by atoms with van der Waals surface area (Å²) >= 11 is 0. The number of para-hydroxylation sites is 1. The van der Waals surface area contributed by atoms with Crippen molar-refractivity contribution < 1.29 is 9.90 Å². The van der Waals surface area contributed by atoms with Crippen molar-refractivity contribution >= 4 is 16.8 Å². The van der Waals surface area contributed by atoms with Crippen molar-refractivity contribution in [2.45, 2.75) is 31.7 Å². The molecule has 116 valence electrons. The van der Waals surface area contributed by atoms with Crippen LogP contribution in [0.1, 0.15) is 36.2 Å². The van der Waals surface area contributed by atoms with Crippen LogP contribution >= 0.6 is 0 Å². The molecule has 1 heterocycles. The Bertz CT molecular complexity index is 733. The molecule has 1 amide bonds. The van der Waals surface area contributed by atoms with Crippen LogP contribution in [0.5, 0.6) is 0 Å². The maximum Gasteiger partial charge on any atom is 0.276 e. The third kappa shape index (κ3) is 2.87. The molecule has 0 unspecified atom stereocenters. The van der Waals surface area contributed by atoms with Crippen LogP contribution in [-0.4, -0.2) is 33.9 Å². The van der Waals surface area contributed by atoms with Crippen LogP contribution in [-0.2, 0) is 0 Å². The third-order valence-corrected chi connectivity index (χ3v) is 4.33. The first kappa shape index (κ1) is 14.7. The summed E-state index contributed by atoms with van der Waals surface area (Å²) in [6, 6.07) is 7.04. The molecular weight excluding hydrogens is 282 g/mol. The Balaban J connectivity index is 1.76. The molecule has 2 aromatic rings. The van der Waals surface area contributed by atoms with Gasteiger partial charge < -0.3 is 10.4 Å². The molecule has 3 N–H and O–H groups in total. The van der Waals surface area contributed by atoms with Crippen molar-refractivity contribution in [2.24, 2.45) is 5.92 Å². The van der Waals surface area contributed by atoms with Crippen LogP contribution in [0.4, 0.5) is 0 Å². The molecular formula is C16H19N3O3. The van der Waals surface area contributed by atoms with Crippen molar-refractivity contribution in [1.82, 2.24) is 15.5 Å². The number of amides is 1. The van der Waals surface area contributed by atoms with E-state index in [9.17, 15) is 9.59 Å². The van der Waals surface area contributed by atoms with E-state index >= 15 is 0 Å². The molecule has 1 aliphatic carbocycles. The monoisotopic (exact) mass is 301 g/mol. The standard InChI is InChI=1S/C16H19N3O3/c20-9-10-5-7-11(8-6-10)17-16(22)14-15(21)12-3-1-2-4-13(12)18-19-14/h1-4,10-11,20H,5-9H2,(H,17,22)(H,18,21). The normalized spacial score (nSPS) is 21.7. The zero-order chi connectivity index (χ0) is 15.5. The molecule has 22 heavy (non-hydrogen) atoms. The first-order valence-corrected chi connectivity index (χ1v) is 7.58. The SMILES string of the molecule is O=C(NC1CCC(CO)CC1)c1n[nH]c2ccccc2c1=O. The van der Waals surface area contributed by atoms with E-state index in [0.29, 0.717) is 16.8 Å². The molecule has 0 spiro atoms. The minimum Gasteiger partial charge on any atom is -0.396 e. The molecule has 0 saturated heterocycles. The van der Waals surface area contributed by atoms with Crippen LogP contribution < -0.4 is 10.7 Å². The number of aliphatic hydroxyl groups excluding tert-OH is 1. The fraction of sp³-hybridized carbons (Fsp3) is 0.438. The van der Waals surface area contributed by atoms with Crippen molar-refractivity contribution in [3.63, 3.8) is 0 Å². The summed E-state index contributed by atoms with van der Waals surface area (Å²) in [7, 11) is 0. The van der Waals surface area contributed by atoms with Crippen molar-refractivity contribution in [1.29, 1.82) is 0 Å². The van der Waals surface area contributed by atoms with Gasteiger partial charge in [0, 0.05) is 18.0 Å². The van der Waals surface area contributed by atoms with E-state index in [4.69, 9.17) is 5.11 Å². The van der Waals surface area contributed by atoms with Gasteiger partial charge in [-0.2, -0.15) is 5.10 Å². The first-order chi connectivity index (χ1) is 10.7. The number of nitrogens with zero attached hydrogens (tertiary/aromatic N) is 1. The highest BCUT2D eigenvalue weighted by molar-refractivity contribution is 5.95. The van der Waals surface area contributed by atoms with Gasteiger partial charge in [-0.25, -0.2) is 0 Å². The van der Waals surface area contributed by atoms with E-state index in [-0.39, 0.29) is 23.8 Å². The van der Waals surface area contributed by atoms with Gasteiger partial charge in [-0.05, 0) is 43.7 Å². The minimum absolute atomic E-state index is 0.0444. The summed E-state index contributed by atoms with van der Waals surface area (Å²) in [6.45, 7) is 0.201. The highest BCUT2D eigenvalue weighted by Gasteiger charge is 2.24. The summed E-state index contributed by atoms with van der Waals surface area (Å²) < 4.78 is 0. The zero-order valence-corrected chi connectivity index (χ0v) is 12.2. The van der Waals surface area contributed by atoms with Gasteiger partial charge in [-0.15, -0.1) is 0 Å². The Morgan fingerprint density at radius 2 is 2.00 bits per heavy atom. The highest BCUT2D eigenvalue weighted by atomic mass is 16.3. The number of carbonyl (C=O) groups excluding carboxylic acids is 1. The molecule has 1 fully saturated rings. The lowest BCUT2D eigenvalue weighted by Gasteiger charge is -2.27. The number of rotatable bonds is 3. The fourth-order valence-corrected chi connectivity index (χ4v) is 2.97. The zero-order valence-electron chi connectivity index (χ0n) is 12.2. The first-order valence-electron chi connectivity index (χ1n) is 7.58. The lowest BCUT2D eigenvalue weighted by atomic mass is 9.86. The van der Waals surface area contributed by atoms with Gasteiger partial charge in [0.2, 0.25) is 5.43 Å². The predicted octanol–water partition coefficient (Wildman–Crippen LogP) is 1.20. The van der Waals surface area contributed by atoms with Crippen LogP contribution in [0.3, 0.4) is 0 Å². The van der Waals surface area contributed by atoms with Crippen LogP contribution in [0, 0.1) is 5.92 Å². The average Bonchev–Trinajstić information content (AvgIpc) is 2.56. The molecule has 3 rings (SSSR count). The molecule has 1 aromatic heterocycles. The van der Waals surface area contributed by atoms with E-state index < -0.39 is 5.91 Å². The maximum atomic E-state index is 12.3. The Hall–Kier alpha value is -2.21. The number of aromatic nitrogens is 2. The second-order valence-electron chi connectivity index (χ2n) is 5.82. The molecule has 0 bridgehead atoms. The topological polar surface area (TPSA) is 95.1 Å². The summed E-state index contributed by atoms with van der Waals surface area (Å²) in [6.07, 6.45) is 3.43. The van der Waals surface area contributed by atoms with Crippen LogP contribution in [0.15, 0.2) is 29.1 Å². The van der Waals surface area contributed by atoms with Crippen LogP contribution in [0.2, 0.25) is 0 Å². The molecule has 1 aliphatic rings. The summed E-state index contributed by atoms with van der Waals surface area (Å²) in [5, 5.41) is 19.1. The van der Waals surface area contributed by atoms with Crippen molar-refractivity contribution in [2.75, 3.05) is 6.61 Å². The number of hydrogen-bond acceptors (Lipinski definition) is 4. The average molecular weight is 301 g/mol. The number of aromatic amines is 1. The van der Waals surface area contributed by atoms with Crippen molar-refractivity contribution in [3.8, 4) is 0 Å². The Morgan fingerprint density at radius 1 is 1.27 bits per heavy atom. The quantitative estimate of drug-likeness (QED) is 0.794. The number of nitrogens with one attached hydrogen (secondary N) is 2. The minimum atomic E-state index is -0.431. The molecule has 6 heteroatoms. The highest BCUT2D eigenvalue weighted by Crippen LogP contribution is 2.23. The Kier molecular flexibility index (Phi) is 4.20. The second-order valence-corrected chi connectivity index (χ2v) is 5.82. The van der Waals surface area contributed by atoms with Gasteiger partial charge in [0.1, 0.15) is 0 Å². The number of H-pyrrole nitrogens is 1. The number of aliphatic hydroxyl groups is 1. The van der Waals surface area contributed by atoms with Gasteiger partial charge in [-0.1, -0.05) is 12.1 Å². The van der Waals surface area contributed by atoms with E-state index in [0.717, 1.165) is 25.7 Å². The van der Waals surface area contributed by atoms with E-state index in [1.165, 1.54) is 0 Å². The van der Waals surface area contributed by atoms with Gasteiger partial charge in [0.15, 0.2) is 5.69 Å². The Labute approximate surface area is 127 Å². The summed E-state index contributed by atoms with van der Waals surface area (Å²) in [4.78, 5) is 24.6. The fourth-order valence-electron chi connectivity index (χ4n) is 2.97. The van der Waals surface area contributed by atoms with Gasteiger partial charge in [0.05, 0.1) is 5.52 Å². The molecule has 1 aromatic carbocycles. The maximum absolute atomic E-state index is 12.3. The van der Waals surface area contributed by atoms with Gasteiger partial charge in [-0.3, -0.25) is 14.7 Å². The number of fused-ring (bicyclic) bond motifs is 1. The molecule has 6 nitrogen and oxygen atoms in total. The van der Waals surface area contributed by atoms with E-state index in [1.54, 1.807) is 24.3 Å².